The molecule has 3 nitrogen and oxygen atoms in total. The first kappa shape index (κ1) is 14.9. The number of nitrogens with zero attached hydrogens (tertiary/aromatic N) is 1. The molecule has 16 heavy (non-hydrogen) atoms. The molecule has 0 aliphatic rings. The molecule has 0 radical (unpaired) electrons. The minimum absolute atomic E-state index is 0.312. The Morgan fingerprint density at radius 2 is 2.00 bits per heavy atom. The Morgan fingerprint density at radius 1 is 1.44 bits per heavy atom. The van der Waals surface area contributed by atoms with Crippen LogP contribution in [0.2, 0.25) is 5.15 Å². The van der Waals surface area contributed by atoms with Gasteiger partial charge in [-0.1, -0.05) is 25.4 Å². The summed E-state index contributed by atoms with van der Waals surface area (Å²) in [5.74, 6) is 0. The smallest absolute Gasteiger partial charge is 0.140 e. The molecule has 1 rings (SSSR count). The second-order valence-corrected chi connectivity index (χ2v) is 3.81. The van der Waals surface area contributed by atoms with Crippen molar-refractivity contribution in [2.24, 2.45) is 0 Å². The average molecular weight is 242 g/mol. The van der Waals surface area contributed by atoms with Crippen LogP contribution in [0.5, 0.6) is 0 Å². The van der Waals surface area contributed by atoms with E-state index in [0.717, 1.165) is 5.69 Å². The van der Waals surface area contributed by atoms with E-state index in [1.165, 1.54) is 0 Å². The molecule has 0 aliphatic heterocycles. The fourth-order valence-electron chi connectivity index (χ4n) is 1.22. The van der Waals surface area contributed by atoms with Crippen molar-refractivity contribution in [1.29, 1.82) is 5.41 Å². The molecule has 0 aromatic carbocycles. The molecule has 4 heteroatoms. The average Bonchev–Trinajstić information content (AvgIpc) is 2.19. The van der Waals surface area contributed by atoms with Crippen molar-refractivity contribution in [1.82, 2.24) is 4.98 Å². The number of halogens is 1. The summed E-state index contributed by atoms with van der Waals surface area (Å²) < 4.78 is 0. The lowest BCUT2D eigenvalue weighted by Crippen LogP contribution is -2.13. The first-order chi connectivity index (χ1) is 7.52. The van der Waals surface area contributed by atoms with E-state index in [1.807, 2.05) is 33.8 Å². The van der Waals surface area contributed by atoms with Crippen LogP contribution in [0.25, 0.3) is 0 Å². The van der Waals surface area contributed by atoms with Gasteiger partial charge in [-0.2, -0.15) is 0 Å². The number of aromatic nitrogens is 1. The van der Waals surface area contributed by atoms with Gasteiger partial charge < -0.3 is 10.7 Å². The maximum absolute atomic E-state index is 7.60. The van der Waals surface area contributed by atoms with Gasteiger partial charge in [0, 0.05) is 23.6 Å². The molecule has 2 N–H and O–H groups in total. The third-order valence-electron chi connectivity index (χ3n) is 1.72. The van der Waals surface area contributed by atoms with Crippen LogP contribution < -0.4 is 5.32 Å². The lowest BCUT2D eigenvalue weighted by Gasteiger charge is -2.14. The second-order valence-electron chi connectivity index (χ2n) is 3.45. The predicted octanol–water partition coefficient (Wildman–Crippen LogP) is 3.97. The van der Waals surface area contributed by atoms with Gasteiger partial charge in [-0.25, -0.2) is 4.98 Å². The summed E-state index contributed by atoms with van der Waals surface area (Å²) in [6, 6.07) is 2.14. The van der Waals surface area contributed by atoms with E-state index in [4.69, 9.17) is 17.0 Å². The van der Waals surface area contributed by atoms with Gasteiger partial charge >= 0.3 is 0 Å². The zero-order valence-corrected chi connectivity index (χ0v) is 11.3. The van der Waals surface area contributed by atoms with Crippen molar-refractivity contribution in [2.45, 2.75) is 40.7 Å². The molecule has 0 amide bonds. The fraction of sp³-hybridized carbons (Fsp3) is 0.500. The van der Waals surface area contributed by atoms with Gasteiger partial charge in [-0.05, 0) is 26.8 Å². The molecule has 0 saturated heterocycles. The van der Waals surface area contributed by atoms with Gasteiger partial charge in [-0.15, -0.1) is 0 Å². The van der Waals surface area contributed by atoms with Crippen molar-refractivity contribution < 1.29 is 0 Å². The Kier molecular flexibility index (Phi) is 6.74. The summed E-state index contributed by atoms with van der Waals surface area (Å²) >= 11 is 5.92. The lowest BCUT2D eigenvalue weighted by atomic mass is 10.1. The van der Waals surface area contributed by atoms with E-state index in [1.54, 1.807) is 13.1 Å². The predicted molar refractivity (Wildman–Crippen MR) is 71.9 cm³/mol. The monoisotopic (exact) mass is 241 g/mol. The number of hydrogen-bond acceptors (Lipinski definition) is 3. The first-order valence-electron chi connectivity index (χ1n) is 5.49. The molecule has 0 aliphatic carbocycles. The molecular weight excluding hydrogens is 222 g/mol. The van der Waals surface area contributed by atoms with Crippen LogP contribution in [0.4, 0.5) is 5.69 Å². The van der Waals surface area contributed by atoms with E-state index in [2.05, 4.69) is 10.3 Å². The van der Waals surface area contributed by atoms with Crippen molar-refractivity contribution in [3.63, 3.8) is 0 Å². The Balaban J connectivity index is 0.00000106. The summed E-state index contributed by atoms with van der Waals surface area (Å²) in [5, 5.41) is 11.2. The Labute approximate surface area is 103 Å². The molecule has 0 saturated carbocycles. The Hall–Kier alpha value is -1.09. The number of pyridine rings is 1. The van der Waals surface area contributed by atoms with Crippen molar-refractivity contribution in [2.75, 3.05) is 5.32 Å². The molecule has 0 bridgehead atoms. The van der Waals surface area contributed by atoms with E-state index in [9.17, 15) is 0 Å². The summed E-state index contributed by atoms with van der Waals surface area (Å²) in [7, 11) is 0. The molecule has 0 unspecified atom stereocenters. The quantitative estimate of drug-likeness (QED) is 0.622. The zero-order valence-electron chi connectivity index (χ0n) is 10.6. The van der Waals surface area contributed by atoms with Crippen LogP contribution >= 0.6 is 11.6 Å². The SMILES string of the molecule is CC.CC(=N)c1c(NC(C)C)ccnc1Cl. The number of hydrogen-bond donors (Lipinski definition) is 2. The minimum atomic E-state index is 0.312. The molecular formula is C12H20ClN3. The fourth-order valence-corrected chi connectivity index (χ4v) is 1.52. The topological polar surface area (TPSA) is 48.8 Å². The van der Waals surface area contributed by atoms with E-state index < -0.39 is 0 Å². The van der Waals surface area contributed by atoms with Crippen molar-refractivity contribution in [3.05, 3.63) is 23.0 Å². The Morgan fingerprint density at radius 3 is 2.44 bits per heavy atom. The maximum Gasteiger partial charge on any atom is 0.140 e. The lowest BCUT2D eigenvalue weighted by molar-refractivity contribution is 0.898. The standard InChI is InChI=1S/C10H14ClN3.C2H6/c1-6(2)14-8-4-5-13-10(11)9(8)7(3)12;1-2/h4-6,12H,1-3H3,(H,13,14);1-2H3. The number of nitrogens with one attached hydrogen (secondary N) is 2. The first-order valence-corrected chi connectivity index (χ1v) is 5.86. The number of rotatable bonds is 3. The van der Waals surface area contributed by atoms with Crippen LogP contribution in [0.1, 0.15) is 40.2 Å². The molecule has 90 valence electrons. The minimum Gasteiger partial charge on any atom is -0.382 e. The van der Waals surface area contributed by atoms with Gasteiger partial charge in [0.05, 0.1) is 5.56 Å². The maximum atomic E-state index is 7.60. The zero-order chi connectivity index (χ0) is 12.7. The number of anilines is 1. The van der Waals surface area contributed by atoms with E-state index in [0.29, 0.717) is 22.5 Å². The van der Waals surface area contributed by atoms with Crippen molar-refractivity contribution >= 4 is 23.0 Å². The molecule has 1 aromatic heterocycles. The van der Waals surface area contributed by atoms with Gasteiger partial charge in [0.1, 0.15) is 5.15 Å². The van der Waals surface area contributed by atoms with E-state index >= 15 is 0 Å². The normalized spacial score (nSPS) is 9.44. The summed E-state index contributed by atoms with van der Waals surface area (Å²) in [4.78, 5) is 3.95. The highest BCUT2D eigenvalue weighted by molar-refractivity contribution is 6.33. The van der Waals surface area contributed by atoms with Crippen LogP contribution in [0.3, 0.4) is 0 Å². The third-order valence-corrected chi connectivity index (χ3v) is 2.01. The van der Waals surface area contributed by atoms with Gasteiger partial charge in [0.25, 0.3) is 0 Å². The highest BCUT2D eigenvalue weighted by Crippen LogP contribution is 2.22. The summed E-state index contributed by atoms with van der Waals surface area (Å²) in [6.45, 7) is 9.78. The molecule has 0 fully saturated rings. The van der Waals surface area contributed by atoms with Gasteiger partial charge in [0.15, 0.2) is 0 Å². The molecule has 1 aromatic rings. The third kappa shape index (κ3) is 4.19. The van der Waals surface area contributed by atoms with Crippen LogP contribution in [0.15, 0.2) is 12.3 Å². The Bertz CT molecular complexity index is 348. The van der Waals surface area contributed by atoms with Crippen molar-refractivity contribution in [3.8, 4) is 0 Å². The highest BCUT2D eigenvalue weighted by atomic mass is 35.5. The molecule has 1 heterocycles. The van der Waals surface area contributed by atoms with Gasteiger partial charge in [-0.3, -0.25) is 0 Å². The largest absolute Gasteiger partial charge is 0.382 e. The van der Waals surface area contributed by atoms with Gasteiger partial charge in [0.2, 0.25) is 0 Å². The molecule has 0 spiro atoms. The summed E-state index contributed by atoms with van der Waals surface area (Å²) in [6.07, 6.45) is 1.64. The highest BCUT2D eigenvalue weighted by Gasteiger charge is 2.10. The van der Waals surface area contributed by atoms with Crippen LogP contribution in [0, 0.1) is 5.41 Å². The van der Waals surface area contributed by atoms with Crippen LogP contribution in [-0.2, 0) is 0 Å². The summed E-state index contributed by atoms with van der Waals surface area (Å²) in [5.41, 5.74) is 1.97. The second kappa shape index (κ2) is 7.23. The van der Waals surface area contributed by atoms with Crippen LogP contribution in [-0.4, -0.2) is 16.7 Å². The van der Waals surface area contributed by atoms with E-state index in [-0.39, 0.29) is 0 Å². The molecule has 0 atom stereocenters.